The van der Waals surface area contributed by atoms with Crippen LogP contribution in [0.4, 0.5) is 0 Å². The zero-order valence-electron chi connectivity index (χ0n) is 15.9. The number of aromatic amines is 1. The molecule has 2 aromatic heterocycles. The maximum atomic E-state index is 12.6. The Morgan fingerprint density at radius 2 is 1.81 bits per heavy atom. The van der Waals surface area contributed by atoms with Crippen molar-refractivity contribution < 1.29 is 8.42 Å². The lowest BCUT2D eigenvalue weighted by molar-refractivity contribution is 0.476. The Bertz CT molecular complexity index is 1060. The molecule has 0 amide bonds. The number of sulfonamides is 1. The van der Waals surface area contributed by atoms with Crippen molar-refractivity contribution in [3.8, 4) is 11.1 Å². The first-order valence-electron chi connectivity index (χ1n) is 9.45. The van der Waals surface area contributed by atoms with Crippen molar-refractivity contribution >= 4 is 21.1 Å². The van der Waals surface area contributed by atoms with Gasteiger partial charge in [0.2, 0.25) is 10.0 Å². The summed E-state index contributed by atoms with van der Waals surface area (Å²) in [6, 6.07) is 11.1. The highest BCUT2D eigenvalue weighted by Crippen LogP contribution is 2.41. The van der Waals surface area contributed by atoms with E-state index in [0.717, 1.165) is 22.2 Å². The van der Waals surface area contributed by atoms with Crippen LogP contribution in [-0.2, 0) is 10.0 Å². The fourth-order valence-electron chi connectivity index (χ4n) is 3.18. The highest BCUT2D eigenvalue weighted by Gasteiger charge is 2.26. The molecule has 1 aliphatic carbocycles. The molecular weight excluding hydrogens is 358 g/mol. The van der Waals surface area contributed by atoms with Gasteiger partial charge in [-0.3, -0.25) is 0 Å². The number of hydrogen-bond donors (Lipinski definition) is 2. The fraction of sp³-hybridized carbons (Fsp3) is 0.381. The third-order valence-corrected chi connectivity index (χ3v) is 6.96. The molecule has 142 valence electrons. The summed E-state index contributed by atoms with van der Waals surface area (Å²) in [6.07, 6.45) is 4.26. The first kappa shape index (κ1) is 18.2. The number of H-pyrrole nitrogens is 1. The second-order valence-electron chi connectivity index (χ2n) is 7.80. The van der Waals surface area contributed by atoms with E-state index in [2.05, 4.69) is 20.8 Å². The molecule has 2 heterocycles. The summed E-state index contributed by atoms with van der Waals surface area (Å²) in [5.41, 5.74) is 4.18. The Hall–Kier alpha value is -2.18. The van der Waals surface area contributed by atoms with Crippen LogP contribution in [0.15, 0.2) is 47.5 Å². The number of nitrogens with one attached hydrogen (secondary N) is 2. The van der Waals surface area contributed by atoms with Gasteiger partial charge in [0.1, 0.15) is 5.65 Å². The standard InChI is InChI=1S/C21H25N3O2S/c1-13(2)14(3)24-27(25,26)17-8-6-15(7-9-17)18-10-11-22-21-19(18)12-20(23-21)16-4-5-16/h6-14,16,24H,4-5H2,1-3H3,(H,22,23). The molecule has 3 aromatic rings. The van der Waals surface area contributed by atoms with E-state index in [1.165, 1.54) is 18.5 Å². The maximum Gasteiger partial charge on any atom is 0.240 e. The van der Waals surface area contributed by atoms with Gasteiger partial charge in [-0.1, -0.05) is 26.0 Å². The van der Waals surface area contributed by atoms with Gasteiger partial charge in [-0.25, -0.2) is 18.1 Å². The van der Waals surface area contributed by atoms with Gasteiger partial charge in [-0.2, -0.15) is 0 Å². The number of fused-ring (bicyclic) bond motifs is 1. The average Bonchev–Trinajstić information content (AvgIpc) is 3.39. The van der Waals surface area contributed by atoms with Crippen LogP contribution < -0.4 is 4.72 Å². The topological polar surface area (TPSA) is 74.8 Å². The number of benzene rings is 1. The quantitative estimate of drug-likeness (QED) is 0.661. The van der Waals surface area contributed by atoms with Crippen LogP contribution in [0.5, 0.6) is 0 Å². The molecule has 0 saturated heterocycles. The van der Waals surface area contributed by atoms with Crippen molar-refractivity contribution in [1.29, 1.82) is 0 Å². The molecule has 2 N–H and O–H groups in total. The molecule has 1 atom stereocenters. The molecule has 1 fully saturated rings. The van der Waals surface area contributed by atoms with E-state index in [-0.39, 0.29) is 16.9 Å². The SMILES string of the molecule is CC(C)C(C)NS(=O)(=O)c1ccc(-c2ccnc3[nH]c(C4CC4)cc23)cc1. The summed E-state index contributed by atoms with van der Waals surface area (Å²) in [5, 5.41) is 1.08. The van der Waals surface area contributed by atoms with Gasteiger partial charge in [0.25, 0.3) is 0 Å². The van der Waals surface area contributed by atoms with E-state index in [1.54, 1.807) is 18.3 Å². The number of nitrogens with zero attached hydrogens (tertiary/aromatic N) is 1. The van der Waals surface area contributed by atoms with Crippen LogP contribution in [0.25, 0.3) is 22.2 Å². The second kappa shape index (κ2) is 6.77. The van der Waals surface area contributed by atoms with Crippen molar-refractivity contribution in [2.24, 2.45) is 5.92 Å². The summed E-state index contributed by atoms with van der Waals surface area (Å²) < 4.78 is 27.9. The Morgan fingerprint density at radius 1 is 1.11 bits per heavy atom. The first-order chi connectivity index (χ1) is 12.8. The average molecular weight is 384 g/mol. The van der Waals surface area contributed by atoms with E-state index >= 15 is 0 Å². The zero-order valence-corrected chi connectivity index (χ0v) is 16.7. The summed E-state index contributed by atoms with van der Waals surface area (Å²) in [5.74, 6) is 0.868. The summed E-state index contributed by atoms with van der Waals surface area (Å²) in [7, 11) is -3.51. The lowest BCUT2D eigenvalue weighted by atomic mass is 10.0. The Morgan fingerprint density at radius 3 is 2.44 bits per heavy atom. The lowest BCUT2D eigenvalue weighted by Crippen LogP contribution is -2.36. The van der Waals surface area contributed by atoms with E-state index in [4.69, 9.17) is 0 Å². The third-order valence-electron chi connectivity index (χ3n) is 5.39. The van der Waals surface area contributed by atoms with Gasteiger partial charge >= 0.3 is 0 Å². The molecule has 0 bridgehead atoms. The molecule has 1 aliphatic rings. The Labute approximate surface area is 160 Å². The molecular formula is C21H25N3O2S. The van der Waals surface area contributed by atoms with E-state index in [9.17, 15) is 8.42 Å². The molecule has 1 unspecified atom stereocenters. The predicted octanol–water partition coefficient (Wildman–Crippen LogP) is 4.43. The molecule has 5 nitrogen and oxygen atoms in total. The van der Waals surface area contributed by atoms with Gasteiger partial charge in [0.05, 0.1) is 4.90 Å². The second-order valence-corrected chi connectivity index (χ2v) is 9.51. The van der Waals surface area contributed by atoms with Gasteiger partial charge in [-0.05, 0) is 67.0 Å². The molecule has 6 heteroatoms. The molecule has 0 radical (unpaired) electrons. The van der Waals surface area contributed by atoms with Crippen LogP contribution in [0, 0.1) is 5.92 Å². The Kier molecular flexibility index (Phi) is 4.56. The maximum absolute atomic E-state index is 12.6. The number of pyridine rings is 1. The minimum atomic E-state index is -3.51. The predicted molar refractivity (Wildman–Crippen MR) is 108 cm³/mol. The van der Waals surface area contributed by atoms with Gasteiger partial charge in [-0.15, -0.1) is 0 Å². The summed E-state index contributed by atoms with van der Waals surface area (Å²) >= 11 is 0. The van der Waals surface area contributed by atoms with Crippen LogP contribution in [0.3, 0.4) is 0 Å². The Balaban J connectivity index is 1.65. The van der Waals surface area contributed by atoms with Crippen molar-refractivity contribution in [3.63, 3.8) is 0 Å². The van der Waals surface area contributed by atoms with Gasteiger partial charge in [0.15, 0.2) is 0 Å². The minimum Gasteiger partial charge on any atom is -0.343 e. The van der Waals surface area contributed by atoms with Crippen LogP contribution in [0.1, 0.15) is 45.2 Å². The zero-order chi connectivity index (χ0) is 19.2. The smallest absolute Gasteiger partial charge is 0.240 e. The molecule has 4 rings (SSSR count). The molecule has 1 aromatic carbocycles. The third kappa shape index (κ3) is 3.64. The van der Waals surface area contributed by atoms with E-state index in [1.807, 2.05) is 39.0 Å². The number of hydrogen-bond acceptors (Lipinski definition) is 3. The lowest BCUT2D eigenvalue weighted by Gasteiger charge is -2.17. The first-order valence-corrected chi connectivity index (χ1v) is 10.9. The van der Waals surface area contributed by atoms with Crippen LogP contribution in [-0.4, -0.2) is 24.4 Å². The van der Waals surface area contributed by atoms with Crippen molar-refractivity contribution in [3.05, 3.63) is 48.3 Å². The molecule has 1 saturated carbocycles. The molecule has 0 aliphatic heterocycles. The monoisotopic (exact) mass is 383 g/mol. The fourth-order valence-corrected chi connectivity index (χ4v) is 4.57. The van der Waals surface area contributed by atoms with Gasteiger partial charge in [0, 0.05) is 23.3 Å². The largest absolute Gasteiger partial charge is 0.343 e. The summed E-state index contributed by atoms with van der Waals surface area (Å²) in [4.78, 5) is 8.15. The van der Waals surface area contributed by atoms with Crippen molar-refractivity contribution in [1.82, 2.24) is 14.7 Å². The normalized spacial score (nSPS) is 16.1. The van der Waals surface area contributed by atoms with E-state index in [0.29, 0.717) is 5.92 Å². The van der Waals surface area contributed by atoms with Gasteiger partial charge < -0.3 is 4.98 Å². The number of aromatic nitrogens is 2. The molecule has 27 heavy (non-hydrogen) atoms. The van der Waals surface area contributed by atoms with Crippen molar-refractivity contribution in [2.45, 2.75) is 50.5 Å². The number of rotatable bonds is 6. The van der Waals surface area contributed by atoms with E-state index < -0.39 is 10.0 Å². The molecule has 0 spiro atoms. The summed E-state index contributed by atoms with van der Waals surface area (Å²) in [6.45, 7) is 5.88. The minimum absolute atomic E-state index is 0.116. The van der Waals surface area contributed by atoms with Crippen LogP contribution in [0.2, 0.25) is 0 Å². The highest BCUT2D eigenvalue weighted by molar-refractivity contribution is 7.89. The van der Waals surface area contributed by atoms with Crippen molar-refractivity contribution in [2.75, 3.05) is 0 Å². The van der Waals surface area contributed by atoms with Crippen LogP contribution >= 0.6 is 0 Å². The highest BCUT2D eigenvalue weighted by atomic mass is 32.2.